The van der Waals surface area contributed by atoms with Crippen LogP contribution in [0.25, 0.3) is 5.13 Å². The van der Waals surface area contributed by atoms with Gasteiger partial charge in [-0.2, -0.15) is 0 Å². The number of hydrogen-bond donors (Lipinski definition) is 2. The highest BCUT2D eigenvalue weighted by Gasteiger charge is 2.26. The smallest absolute Gasteiger partial charge is 0.263 e. The zero-order valence-corrected chi connectivity index (χ0v) is 11.6. The minimum atomic E-state index is -0.441. The molecule has 1 atom stereocenters. The van der Waals surface area contributed by atoms with E-state index in [-0.39, 0.29) is 11.8 Å². The molecule has 0 bridgehead atoms. The van der Waals surface area contributed by atoms with Crippen LogP contribution in [0.15, 0.2) is 18.7 Å². The summed E-state index contributed by atoms with van der Waals surface area (Å²) in [4.78, 5) is 32.3. The van der Waals surface area contributed by atoms with E-state index in [1.54, 1.807) is 10.9 Å². The van der Waals surface area contributed by atoms with E-state index in [9.17, 15) is 9.59 Å². The zero-order valence-electron chi connectivity index (χ0n) is 10.8. The minimum Gasteiger partial charge on any atom is -0.354 e. The Morgan fingerprint density at radius 2 is 2.40 bits per heavy atom. The molecule has 8 heteroatoms. The molecule has 1 fully saturated rings. The molecule has 1 aliphatic rings. The topological polar surface area (TPSA) is 88.9 Å². The summed E-state index contributed by atoms with van der Waals surface area (Å²) in [6.45, 7) is 2.49. The molecule has 1 unspecified atom stereocenters. The minimum absolute atomic E-state index is 0.131. The SMILES string of the molecule is Cc1cn(-c2ncc(C(=O)NC3CCNC3=O)s2)cn1. The first-order chi connectivity index (χ1) is 9.63. The monoisotopic (exact) mass is 291 g/mol. The molecule has 1 aliphatic heterocycles. The highest BCUT2D eigenvalue weighted by molar-refractivity contribution is 7.16. The van der Waals surface area contributed by atoms with E-state index in [4.69, 9.17) is 0 Å². The number of carbonyl (C=O) groups excluding carboxylic acids is 2. The predicted octanol–water partition coefficient (Wildman–Crippen LogP) is 0.256. The number of aromatic nitrogens is 3. The number of imidazole rings is 1. The largest absolute Gasteiger partial charge is 0.354 e. The quantitative estimate of drug-likeness (QED) is 0.848. The Morgan fingerprint density at radius 1 is 1.55 bits per heavy atom. The van der Waals surface area contributed by atoms with Gasteiger partial charge in [0.1, 0.15) is 17.2 Å². The van der Waals surface area contributed by atoms with Crippen molar-refractivity contribution in [3.8, 4) is 5.13 Å². The number of aryl methyl sites for hydroxylation is 1. The molecule has 3 rings (SSSR count). The van der Waals surface area contributed by atoms with E-state index in [0.29, 0.717) is 23.0 Å². The van der Waals surface area contributed by atoms with Gasteiger partial charge in [-0.3, -0.25) is 14.2 Å². The second kappa shape index (κ2) is 5.04. The lowest BCUT2D eigenvalue weighted by Crippen LogP contribution is -2.39. The molecular formula is C12H13N5O2S. The van der Waals surface area contributed by atoms with Gasteiger partial charge in [0.15, 0.2) is 5.13 Å². The molecule has 2 amide bonds. The van der Waals surface area contributed by atoms with E-state index >= 15 is 0 Å². The Kier molecular flexibility index (Phi) is 3.23. The van der Waals surface area contributed by atoms with Crippen molar-refractivity contribution in [3.05, 3.63) is 29.3 Å². The maximum atomic E-state index is 12.1. The third kappa shape index (κ3) is 2.42. The highest BCUT2D eigenvalue weighted by atomic mass is 32.1. The van der Waals surface area contributed by atoms with Crippen molar-refractivity contribution in [3.63, 3.8) is 0 Å². The van der Waals surface area contributed by atoms with Crippen LogP contribution in [0.4, 0.5) is 0 Å². The van der Waals surface area contributed by atoms with Crippen LogP contribution in [0.1, 0.15) is 21.8 Å². The maximum Gasteiger partial charge on any atom is 0.263 e. The maximum absolute atomic E-state index is 12.1. The fourth-order valence-electron chi connectivity index (χ4n) is 1.98. The Bertz CT molecular complexity index is 662. The molecule has 1 saturated heterocycles. The molecule has 3 heterocycles. The molecular weight excluding hydrogens is 278 g/mol. The van der Waals surface area contributed by atoms with E-state index in [1.165, 1.54) is 17.5 Å². The van der Waals surface area contributed by atoms with Crippen LogP contribution in [0.5, 0.6) is 0 Å². The van der Waals surface area contributed by atoms with Crippen molar-refractivity contribution in [1.29, 1.82) is 0 Å². The van der Waals surface area contributed by atoms with Crippen LogP contribution in [0.3, 0.4) is 0 Å². The first-order valence-corrected chi connectivity index (χ1v) is 7.00. The van der Waals surface area contributed by atoms with Crippen LogP contribution in [0, 0.1) is 6.92 Å². The average molecular weight is 291 g/mol. The average Bonchev–Trinajstić information content (AvgIpc) is 3.11. The standard InChI is InChI=1S/C12H13N5O2S/c1-7-5-17(6-15-7)12-14-4-9(20-12)11(19)16-8-2-3-13-10(8)18/h4-6,8H,2-3H2,1H3,(H,13,18)(H,16,19). The summed E-state index contributed by atoms with van der Waals surface area (Å²) in [6.07, 6.45) is 5.62. The summed E-state index contributed by atoms with van der Waals surface area (Å²) < 4.78 is 1.76. The normalized spacial score (nSPS) is 18.1. The Balaban J connectivity index is 1.73. The number of amides is 2. The Labute approximate surface area is 119 Å². The number of carbonyl (C=O) groups is 2. The van der Waals surface area contributed by atoms with Gasteiger partial charge in [0.2, 0.25) is 5.91 Å². The number of thiazole rings is 1. The fraction of sp³-hybridized carbons (Fsp3) is 0.333. The van der Waals surface area contributed by atoms with Crippen LogP contribution >= 0.6 is 11.3 Å². The molecule has 0 radical (unpaired) electrons. The van der Waals surface area contributed by atoms with Gasteiger partial charge < -0.3 is 10.6 Å². The van der Waals surface area contributed by atoms with Gasteiger partial charge in [0, 0.05) is 12.7 Å². The summed E-state index contributed by atoms with van der Waals surface area (Å²) in [5.74, 6) is -0.402. The van der Waals surface area contributed by atoms with Gasteiger partial charge >= 0.3 is 0 Å². The van der Waals surface area contributed by atoms with Crippen molar-refractivity contribution >= 4 is 23.2 Å². The van der Waals surface area contributed by atoms with E-state index in [1.807, 2.05) is 13.1 Å². The van der Waals surface area contributed by atoms with Crippen molar-refractivity contribution in [2.24, 2.45) is 0 Å². The molecule has 7 nitrogen and oxygen atoms in total. The molecule has 20 heavy (non-hydrogen) atoms. The molecule has 2 N–H and O–H groups in total. The summed E-state index contributed by atoms with van der Waals surface area (Å²) in [6, 6.07) is -0.441. The second-order valence-electron chi connectivity index (χ2n) is 4.54. The molecule has 2 aromatic heterocycles. The molecule has 0 aliphatic carbocycles. The van der Waals surface area contributed by atoms with Crippen molar-refractivity contribution < 1.29 is 9.59 Å². The summed E-state index contributed by atoms with van der Waals surface area (Å²) in [5, 5.41) is 6.06. The second-order valence-corrected chi connectivity index (χ2v) is 5.54. The van der Waals surface area contributed by atoms with Crippen LogP contribution in [0.2, 0.25) is 0 Å². The summed E-state index contributed by atoms with van der Waals surface area (Å²) >= 11 is 1.26. The molecule has 104 valence electrons. The van der Waals surface area contributed by atoms with E-state index in [0.717, 1.165) is 5.69 Å². The van der Waals surface area contributed by atoms with Crippen molar-refractivity contribution in [2.75, 3.05) is 6.54 Å². The first-order valence-electron chi connectivity index (χ1n) is 6.19. The van der Waals surface area contributed by atoms with Crippen LogP contribution in [-0.2, 0) is 4.79 Å². The van der Waals surface area contributed by atoms with Crippen molar-refractivity contribution in [1.82, 2.24) is 25.2 Å². The van der Waals surface area contributed by atoms with E-state index < -0.39 is 6.04 Å². The van der Waals surface area contributed by atoms with Gasteiger partial charge in [-0.25, -0.2) is 9.97 Å². The molecule has 2 aromatic rings. The van der Waals surface area contributed by atoms with Crippen LogP contribution in [-0.4, -0.2) is 38.9 Å². The third-order valence-corrected chi connectivity index (χ3v) is 4.01. The van der Waals surface area contributed by atoms with Crippen molar-refractivity contribution in [2.45, 2.75) is 19.4 Å². The highest BCUT2D eigenvalue weighted by Crippen LogP contribution is 2.18. The number of rotatable bonds is 3. The summed E-state index contributed by atoms with van der Waals surface area (Å²) in [5.41, 5.74) is 0.883. The van der Waals surface area contributed by atoms with Gasteiger partial charge in [0.05, 0.1) is 11.9 Å². The molecule has 0 saturated carbocycles. The fourth-order valence-corrected chi connectivity index (χ4v) is 2.74. The molecule has 0 spiro atoms. The van der Waals surface area contributed by atoms with Gasteiger partial charge in [-0.1, -0.05) is 11.3 Å². The van der Waals surface area contributed by atoms with E-state index in [2.05, 4.69) is 20.6 Å². The summed E-state index contributed by atoms with van der Waals surface area (Å²) in [7, 11) is 0. The Morgan fingerprint density at radius 3 is 3.05 bits per heavy atom. The predicted molar refractivity (Wildman–Crippen MR) is 72.9 cm³/mol. The lowest BCUT2D eigenvalue weighted by molar-refractivity contribution is -0.120. The Hall–Kier alpha value is -2.22. The van der Waals surface area contributed by atoms with Gasteiger partial charge in [-0.05, 0) is 13.3 Å². The van der Waals surface area contributed by atoms with Crippen LogP contribution < -0.4 is 10.6 Å². The molecule has 0 aromatic carbocycles. The van der Waals surface area contributed by atoms with Gasteiger partial charge in [-0.15, -0.1) is 0 Å². The lowest BCUT2D eigenvalue weighted by atomic mass is 10.2. The third-order valence-electron chi connectivity index (χ3n) is 3.00. The zero-order chi connectivity index (χ0) is 14.1. The number of nitrogens with zero attached hydrogens (tertiary/aromatic N) is 3. The lowest BCUT2D eigenvalue weighted by Gasteiger charge is -2.07. The van der Waals surface area contributed by atoms with Gasteiger partial charge in [0.25, 0.3) is 5.91 Å². The number of hydrogen-bond acceptors (Lipinski definition) is 5. The number of nitrogens with one attached hydrogen (secondary N) is 2. The first kappa shape index (κ1) is 12.8.